The molecule has 0 spiro atoms. The second-order valence-electron chi connectivity index (χ2n) is 8.34. The van der Waals surface area contributed by atoms with E-state index >= 15 is 0 Å². The molecule has 2 nitrogen and oxygen atoms in total. The first-order valence-corrected chi connectivity index (χ1v) is 12.8. The fourth-order valence-electron chi connectivity index (χ4n) is 4.23. The third kappa shape index (κ3) is 5.34. The lowest BCUT2D eigenvalue weighted by Gasteiger charge is -2.37. The van der Waals surface area contributed by atoms with E-state index in [1.54, 1.807) is 7.11 Å². The van der Waals surface area contributed by atoms with Gasteiger partial charge < -0.3 is 9.64 Å². The van der Waals surface area contributed by atoms with Crippen molar-refractivity contribution in [1.82, 2.24) is 0 Å². The molecule has 0 bridgehead atoms. The van der Waals surface area contributed by atoms with E-state index in [9.17, 15) is 4.39 Å². The van der Waals surface area contributed by atoms with Gasteiger partial charge in [0.05, 0.1) is 17.3 Å². The molecule has 5 heteroatoms. The highest BCUT2D eigenvalue weighted by Gasteiger charge is 2.36. The summed E-state index contributed by atoms with van der Waals surface area (Å²) in [7, 11) is 1.72. The van der Waals surface area contributed by atoms with Gasteiger partial charge in [0.15, 0.2) is 0 Å². The number of anilines is 2. The number of halogens is 2. The normalized spacial score (nSPS) is 15.6. The van der Waals surface area contributed by atoms with Crippen molar-refractivity contribution in [2.24, 2.45) is 5.41 Å². The van der Waals surface area contributed by atoms with Crippen molar-refractivity contribution < 1.29 is 9.13 Å². The maximum Gasteiger partial charge on any atom is 0.134 e. The van der Waals surface area contributed by atoms with E-state index < -0.39 is 6.67 Å². The third-order valence-electron chi connectivity index (χ3n) is 6.08. The second-order valence-corrected chi connectivity index (χ2v) is 10.2. The number of ether oxygens (including phenoxy) is 1. The molecule has 164 valence electrons. The summed E-state index contributed by atoms with van der Waals surface area (Å²) in [4.78, 5) is 3.70. The Hall–Kier alpha value is -1.20. The predicted molar refractivity (Wildman–Crippen MR) is 131 cm³/mol. The number of thioether (sulfide) groups is 1. The lowest BCUT2D eigenvalue weighted by molar-refractivity contribution is 0.274. The van der Waals surface area contributed by atoms with Crippen molar-refractivity contribution in [1.29, 1.82) is 0 Å². The van der Waals surface area contributed by atoms with E-state index in [2.05, 4.69) is 58.9 Å². The summed E-state index contributed by atoms with van der Waals surface area (Å²) in [5, 5.41) is 0. The summed E-state index contributed by atoms with van der Waals surface area (Å²) in [6, 6.07) is 12.3. The Morgan fingerprint density at radius 2 is 1.77 bits per heavy atom. The Bertz CT molecular complexity index is 819. The topological polar surface area (TPSA) is 12.5 Å². The van der Waals surface area contributed by atoms with Gasteiger partial charge in [-0.2, -0.15) is 0 Å². The number of alkyl halides is 1. The van der Waals surface area contributed by atoms with Crippen LogP contribution >= 0.6 is 27.7 Å². The number of hydrogen-bond donors (Lipinski definition) is 0. The molecule has 0 atom stereocenters. The number of unbranched alkanes of at least 4 members (excludes halogenated alkanes) is 2. The van der Waals surface area contributed by atoms with Crippen molar-refractivity contribution in [3.8, 4) is 5.75 Å². The van der Waals surface area contributed by atoms with Crippen molar-refractivity contribution in [3.63, 3.8) is 0 Å². The Balaban J connectivity index is 2.08. The maximum absolute atomic E-state index is 13.1. The first-order valence-electron chi connectivity index (χ1n) is 11.0. The van der Waals surface area contributed by atoms with Gasteiger partial charge >= 0.3 is 0 Å². The van der Waals surface area contributed by atoms with E-state index in [1.165, 1.54) is 49.1 Å². The monoisotopic (exact) mass is 493 g/mol. The molecule has 0 aromatic heterocycles. The molecule has 2 aromatic carbocycles. The van der Waals surface area contributed by atoms with Gasteiger partial charge in [0, 0.05) is 22.9 Å². The summed E-state index contributed by atoms with van der Waals surface area (Å²) >= 11 is 5.65. The zero-order chi connectivity index (χ0) is 21.6. The lowest BCUT2D eigenvalue weighted by atomic mass is 9.79. The number of nitrogens with zero attached hydrogens (tertiary/aromatic N) is 1. The van der Waals surface area contributed by atoms with Crippen LogP contribution in [0.15, 0.2) is 45.8 Å². The Labute approximate surface area is 193 Å². The van der Waals surface area contributed by atoms with Crippen molar-refractivity contribution in [2.45, 2.75) is 63.9 Å². The molecule has 3 rings (SSSR count). The van der Waals surface area contributed by atoms with Crippen molar-refractivity contribution in [2.75, 3.05) is 24.3 Å². The van der Waals surface area contributed by atoms with Crippen LogP contribution in [0.2, 0.25) is 0 Å². The molecule has 0 aliphatic carbocycles. The van der Waals surface area contributed by atoms with Crippen LogP contribution in [0.25, 0.3) is 0 Å². The summed E-state index contributed by atoms with van der Waals surface area (Å²) in [6.45, 7) is 5.12. The summed E-state index contributed by atoms with van der Waals surface area (Å²) < 4.78 is 19.7. The molecule has 0 N–H and O–H groups in total. The molecule has 0 fully saturated rings. The van der Waals surface area contributed by atoms with E-state index in [4.69, 9.17) is 4.74 Å². The van der Waals surface area contributed by atoms with E-state index in [0.717, 1.165) is 33.8 Å². The largest absolute Gasteiger partial charge is 0.496 e. The molecule has 1 heterocycles. The highest BCUT2D eigenvalue weighted by molar-refractivity contribution is 9.10. The Morgan fingerprint density at radius 1 is 1.10 bits per heavy atom. The van der Waals surface area contributed by atoms with Gasteiger partial charge in [-0.3, -0.25) is 0 Å². The molecular weight excluding hydrogens is 461 g/mol. The molecule has 0 radical (unpaired) electrons. The number of methoxy groups -OCH3 is 1. The van der Waals surface area contributed by atoms with Crippen molar-refractivity contribution in [3.05, 3.63) is 46.4 Å². The lowest BCUT2D eigenvalue weighted by Crippen LogP contribution is -2.36. The molecule has 0 saturated carbocycles. The van der Waals surface area contributed by atoms with Crippen LogP contribution in [0.5, 0.6) is 5.75 Å². The Kier molecular flexibility index (Phi) is 8.52. The van der Waals surface area contributed by atoms with Gasteiger partial charge in [-0.25, -0.2) is 4.39 Å². The molecule has 0 saturated heterocycles. The molecule has 1 aliphatic rings. The zero-order valence-electron chi connectivity index (χ0n) is 18.3. The highest BCUT2D eigenvalue weighted by atomic mass is 79.9. The van der Waals surface area contributed by atoms with Crippen LogP contribution in [0.1, 0.15) is 57.9 Å². The second kappa shape index (κ2) is 10.9. The number of fused-ring (bicyclic) bond motifs is 1. The third-order valence-corrected chi connectivity index (χ3v) is 8.09. The molecule has 1 aliphatic heterocycles. The summed E-state index contributed by atoms with van der Waals surface area (Å²) in [6.07, 6.45) is 7.42. The molecule has 0 amide bonds. The van der Waals surface area contributed by atoms with Gasteiger partial charge in [0.2, 0.25) is 0 Å². The fourth-order valence-corrected chi connectivity index (χ4v) is 6.07. The molecule has 30 heavy (non-hydrogen) atoms. The minimum absolute atomic E-state index is 0.258. The van der Waals surface area contributed by atoms with Crippen LogP contribution in [-0.2, 0) is 6.67 Å². The number of benzene rings is 2. The van der Waals surface area contributed by atoms with Gasteiger partial charge in [-0.1, -0.05) is 51.7 Å². The molecule has 0 unspecified atom stereocenters. The number of hydrogen-bond acceptors (Lipinski definition) is 3. The zero-order valence-corrected chi connectivity index (χ0v) is 20.8. The maximum atomic E-state index is 13.1. The average Bonchev–Trinajstić information content (AvgIpc) is 2.93. The van der Waals surface area contributed by atoms with Gasteiger partial charge in [0.1, 0.15) is 12.4 Å². The summed E-state index contributed by atoms with van der Waals surface area (Å²) in [5.41, 5.74) is 3.32. The van der Waals surface area contributed by atoms with Gasteiger partial charge in [-0.15, -0.1) is 11.8 Å². The standard InChI is InChI=1S/C25H33BrFNOS/c1-4-6-12-25(13-7-5-2)17-28(20-10-8-19(16-27)9-11-20)22-14-21(26)23(29-3)15-24(22)30-18-25/h8-11,14-15H,4-7,12-13,16-18H2,1-3H3. The highest BCUT2D eigenvalue weighted by Crippen LogP contribution is 2.49. The van der Waals surface area contributed by atoms with Crippen LogP contribution < -0.4 is 9.64 Å². The molecule has 2 aromatic rings. The van der Waals surface area contributed by atoms with Crippen LogP contribution in [0.4, 0.5) is 15.8 Å². The van der Waals surface area contributed by atoms with Crippen LogP contribution in [0.3, 0.4) is 0 Å². The van der Waals surface area contributed by atoms with Crippen molar-refractivity contribution >= 4 is 39.1 Å². The predicted octanol–water partition coefficient (Wildman–Crippen LogP) is 8.54. The van der Waals surface area contributed by atoms with Gasteiger partial charge in [0.25, 0.3) is 0 Å². The first-order chi connectivity index (χ1) is 14.6. The van der Waals surface area contributed by atoms with Gasteiger partial charge in [-0.05, 0) is 64.0 Å². The van der Waals surface area contributed by atoms with Crippen LogP contribution in [-0.4, -0.2) is 19.4 Å². The van der Waals surface area contributed by atoms with E-state index in [1.807, 2.05) is 23.9 Å². The minimum atomic E-state index is -0.424. The number of rotatable bonds is 9. The average molecular weight is 495 g/mol. The minimum Gasteiger partial charge on any atom is -0.496 e. The first kappa shape index (κ1) is 23.5. The molecular formula is C25H33BrFNOS. The quantitative estimate of drug-likeness (QED) is 0.347. The SMILES string of the molecule is CCCCC1(CCCC)CSc2cc(OC)c(Br)cc2N(c2ccc(CF)cc2)C1. The summed E-state index contributed by atoms with van der Waals surface area (Å²) in [5.74, 6) is 1.98. The fraction of sp³-hybridized carbons (Fsp3) is 0.520. The van der Waals surface area contributed by atoms with Crippen LogP contribution in [0, 0.1) is 5.41 Å². The smallest absolute Gasteiger partial charge is 0.134 e. The van der Waals surface area contributed by atoms with E-state index in [-0.39, 0.29) is 5.41 Å². The Morgan fingerprint density at radius 3 is 2.33 bits per heavy atom. The van der Waals surface area contributed by atoms with E-state index in [0.29, 0.717) is 0 Å².